The fourth-order valence-corrected chi connectivity index (χ4v) is 5.39. The van der Waals surface area contributed by atoms with Crippen LogP contribution in [-0.2, 0) is 14.6 Å². The normalized spacial score (nSPS) is 22.7. The molecule has 2 heterocycles. The van der Waals surface area contributed by atoms with Crippen molar-refractivity contribution in [1.29, 1.82) is 0 Å². The van der Waals surface area contributed by atoms with Crippen molar-refractivity contribution < 1.29 is 28.0 Å². The number of non-ortho nitro benzene ring substituents is 1. The van der Waals surface area contributed by atoms with Gasteiger partial charge in [0, 0.05) is 30.7 Å². The van der Waals surface area contributed by atoms with Crippen LogP contribution >= 0.6 is 0 Å². The molecule has 2 aromatic carbocycles. The quantitative estimate of drug-likeness (QED) is 0.565. The predicted octanol–water partition coefficient (Wildman–Crippen LogP) is 2.62. The molecular formula is C21H22N2O7S. The Hall–Kier alpha value is -2.98. The second kappa shape index (κ2) is 7.31. The Morgan fingerprint density at radius 1 is 1.16 bits per heavy atom. The van der Waals surface area contributed by atoms with Gasteiger partial charge in [-0.25, -0.2) is 8.42 Å². The van der Waals surface area contributed by atoms with Crippen LogP contribution in [0.2, 0.25) is 0 Å². The van der Waals surface area contributed by atoms with Gasteiger partial charge in [0.15, 0.2) is 0 Å². The summed E-state index contributed by atoms with van der Waals surface area (Å²) in [6, 6.07) is 8.23. The van der Waals surface area contributed by atoms with Crippen molar-refractivity contribution in [2.45, 2.75) is 54.2 Å². The number of aliphatic hydroxyl groups excluding tert-OH is 1. The molecule has 2 aliphatic heterocycles. The number of hydrogen-bond acceptors (Lipinski definition) is 7. The van der Waals surface area contributed by atoms with E-state index in [9.17, 15) is 28.4 Å². The van der Waals surface area contributed by atoms with E-state index in [1.807, 2.05) is 0 Å². The van der Waals surface area contributed by atoms with Crippen LogP contribution in [0, 0.1) is 10.1 Å². The zero-order valence-corrected chi connectivity index (χ0v) is 17.8. The summed E-state index contributed by atoms with van der Waals surface area (Å²) in [5, 5.41) is 21.8. The number of nitrogens with zero attached hydrogens (tertiary/aromatic N) is 2. The molecule has 1 saturated heterocycles. The van der Waals surface area contributed by atoms with E-state index in [1.165, 1.54) is 30.3 Å². The van der Waals surface area contributed by atoms with Gasteiger partial charge in [0.05, 0.1) is 20.8 Å². The number of hydrogen-bond donors (Lipinski definition) is 1. The standard InChI is InChI=1S/C21H22N2O7S/c1-21(2)20(25)19(22-11-3-4-18(22)24)16-12-15(9-10-17(16)30-21)31(28,29)14-7-5-13(6-8-14)23(26)27/h5-10,12,19-20,25H,3-4,11H2,1-2H3/t19-,20+/m1/s1. The van der Waals surface area contributed by atoms with Gasteiger partial charge < -0.3 is 14.7 Å². The molecule has 0 saturated carbocycles. The van der Waals surface area contributed by atoms with E-state index < -0.39 is 32.5 Å². The van der Waals surface area contributed by atoms with Gasteiger partial charge in [-0.3, -0.25) is 14.9 Å². The Bertz CT molecular complexity index is 1160. The Balaban J connectivity index is 1.80. The lowest BCUT2D eigenvalue weighted by atomic mass is 9.85. The van der Waals surface area contributed by atoms with E-state index >= 15 is 0 Å². The molecule has 0 aromatic heterocycles. The number of benzene rings is 2. The maximum atomic E-state index is 13.1. The Morgan fingerprint density at radius 2 is 1.81 bits per heavy atom. The maximum Gasteiger partial charge on any atom is 0.269 e. The maximum absolute atomic E-state index is 13.1. The van der Waals surface area contributed by atoms with Gasteiger partial charge in [0.1, 0.15) is 17.5 Å². The van der Waals surface area contributed by atoms with Crippen LogP contribution < -0.4 is 4.74 Å². The molecule has 2 aliphatic rings. The second-order valence-corrected chi connectivity index (χ2v) is 10.2. The monoisotopic (exact) mass is 446 g/mol. The van der Waals surface area contributed by atoms with Gasteiger partial charge in [-0.2, -0.15) is 0 Å². The van der Waals surface area contributed by atoms with Crippen molar-refractivity contribution in [3.8, 4) is 5.75 Å². The molecule has 0 radical (unpaired) electrons. The highest BCUT2D eigenvalue weighted by Crippen LogP contribution is 2.45. The molecule has 0 aliphatic carbocycles. The number of nitro benzene ring substituents is 1. The molecule has 9 nitrogen and oxygen atoms in total. The molecule has 1 amide bonds. The summed E-state index contributed by atoms with van der Waals surface area (Å²) >= 11 is 0. The summed E-state index contributed by atoms with van der Waals surface area (Å²) in [7, 11) is -3.98. The number of sulfone groups is 1. The first kappa shape index (κ1) is 21.3. The minimum Gasteiger partial charge on any atom is -0.485 e. The SMILES string of the molecule is CC1(C)Oc2ccc(S(=O)(=O)c3ccc([N+](=O)[O-])cc3)cc2[C@@H](N2CCCC2=O)[C@@H]1O. The smallest absolute Gasteiger partial charge is 0.269 e. The highest BCUT2D eigenvalue weighted by Gasteiger charge is 2.47. The van der Waals surface area contributed by atoms with Crippen molar-refractivity contribution >= 4 is 21.4 Å². The third-order valence-corrected chi connectivity index (χ3v) is 7.57. The van der Waals surface area contributed by atoms with E-state index in [-0.39, 0.29) is 21.4 Å². The number of fused-ring (bicyclic) bond motifs is 1. The van der Waals surface area contributed by atoms with E-state index in [0.717, 1.165) is 12.1 Å². The molecule has 2 aromatic rings. The van der Waals surface area contributed by atoms with Crippen LogP contribution in [0.1, 0.15) is 38.3 Å². The molecule has 1 fully saturated rings. The number of aliphatic hydroxyl groups is 1. The van der Waals surface area contributed by atoms with Gasteiger partial charge in [0.2, 0.25) is 15.7 Å². The molecule has 164 valence electrons. The third-order valence-electron chi connectivity index (χ3n) is 5.80. The third kappa shape index (κ3) is 3.55. The van der Waals surface area contributed by atoms with E-state index in [1.54, 1.807) is 18.7 Å². The zero-order valence-electron chi connectivity index (χ0n) is 17.0. The summed E-state index contributed by atoms with van der Waals surface area (Å²) in [6.45, 7) is 3.90. The molecule has 0 spiro atoms. The number of rotatable bonds is 4. The first-order valence-corrected chi connectivity index (χ1v) is 11.3. The van der Waals surface area contributed by atoms with Gasteiger partial charge in [-0.05, 0) is 50.6 Å². The van der Waals surface area contributed by atoms with Crippen molar-refractivity contribution in [2.24, 2.45) is 0 Å². The second-order valence-electron chi connectivity index (χ2n) is 8.24. The highest BCUT2D eigenvalue weighted by molar-refractivity contribution is 7.91. The van der Waals surface area contributed by atoms with Gasteiger partial charge in [0.25, 0.3) is 5.69 Å². The molecule has 10 heteroatoms. The first-order valence-electron chi connectivity index (χ1n) is 9.82. The molecule has 2 atom stereocenters. The van der Waals surface area contributed by atoms with Crippen molar-refractivity contribution in [3.05, 3.63) is 58.1 Å². The first-order chi connectivity index (χ1) is 14.5. The Kier molecular flexibility index (Phi) is 5.01. The molecule has 31 heavy (non-hydrogen) atoms. The number of likely N-dealkylation sites (tertiary alicyclic amines) is 1. The summed E-state index contributed by atoms with van der Waals surface area (Å²) in [6.07, 6.45) is -0.0144. The average molecular weight is 446 g/mol. The number of carbonyl (C=O) groups is 1. The van der Waals surface area contributed by atoms with E-state index in [0.29, 0.717) is 30.7 Å². The molecular weight excluding hydrogens is 424 g/mol. The van der Waals surface area contributed by atoms with Gasteiger partial charge in [-0.1, -0.05) is 0 Å². The van der Waals surface area contributed by atoms with Crippen molar-refractivity contribution in [3.63, 3.8) is 0 Å². The van der Waals surface area contributed by atoms with Crippen LogP contribution in [0.3, 0.4) is 0 Å². The fourth-order valence-electron chi connectivity index (χ4n) is 4.10. The number of carbonyl (C=O) groups excluding carboxylic acids is 1. The van der Waals surface area contributed by atoms with Crippen LogP contribution in [0.5, 0.6) is 5.75 Å². The van der Waals surface area contributed by atoms with Gasteiger partial charge >= 0.3 is 0 Å². The summed E-state index contributed by atoms with van der Waals surface area (Å²) in [4.78, 5) is 24.1. The summed E-state index contributed by atoms with van der Waals surface area (Å²) in [5.41, 5.74) is -0.764. The minimum absolute atomic E-state index is 0.0488. The molecule has 1 N–H and O–H groups in total. The minimum atomic E-state index is -3.98. The average Bonchev–Trinajstić information content (AvgIpc) is 3.14. The van der Waals surface area contributed by atoms with E-state index in [4.69, 9.17) is 4.74 Å². The highest BCUT2D eigenvalue weighted by atomic mass is 32.2. The fraction of sp³-hybridized carbons (Fsp3) is 0.381. The lowest BCUT2D eigenvalue weighted by molar-refractivity contribution is -0.384. The lowest BCUT2D eigenvalue weighted by Gasteiger charge is -2.45. The predicted molar refractivity (Wildman–Crippen MR) is 109 cm³/mol. The van der Waals surface area contributed by atoms with Crippen LogP contribution in [0.25, 0.3) is 0 Å². The van der Waals surface area contributed by atoms with Crippen LogP contribution in [0.15, 0.2) is 52.3 Å². The summed E-state index contributed by atoms with van der Waals surface area (Å²) in [5.74, 6) is 0.305. The molecule has 0 unspecified atom stereocenters. The topological polar surface area (TPSA) is 127 Å². The largest absolute Gasteiger partial charge is 0.485 e. The lowest BCUT2D eigenvalue weighted by Crippen LogP contribution is -2.53. The van der Waals surface area contributed by atoms with Gasteiger partial charge in [-0.15, -0.1) is 0 Å². The summed E-state index contributed by atoms with van der Waals surface area (Å²) < 4.78 is 32.2. The van der Waals surface area contributed by atoms with Crippen molar-refractivity contribution in [1.82, 2.24) is 4.90 Å². The Morgan fingerprint density at radius 3 is 2.39 bits per heavy atom. The van der Waals surface area contributed by atoms with Crippen molar-refractivity contribution in [2.75, 3.05) is 6.54 Å². The number of nitro groups is 1. The van der Waals surface area contributed by atoms with E-state index in [2.05, 4.69) is 0 Å². The number of amides is 1. The number of ether oxygens (including phenoxy) is 1. The van der Waals surface area contributed by atoms with Crippen LogP contribution in [0.4, 0.5) is 5.69 Å². The molecule has 0 bridgehead atoms. The van der Waals surface area contributed by atoms with Crippen LogP contribution in [-0.4, -0.2) is 47.5 Å². The Labute approximate surface area is 179 Å². The molecule has 4 rings (SSSR count). The zero-order chi connectivity index (χ0) is 22.6.